The molecular weight excluding hydrogens is 184 g/mol. The third-order valence-corrected chi connectivity index (χ3v) is 4.09. The van der Waals surface area contributed by atoms with Gasteiger partial charge in [0, 0.05) is 0 Å². The van der Waals surface area contributed by atoms with E-state index in [0.29, 0.717) is 0 Å². The minimum absolute atomic E-state index is 0.0864. The third kappa shape index (κ3) is 1.41. The normalized spacial score (nSPS) is 34.3. The zero-order valence-corrected chi connectivity index (χ0v) is 9.33. The second kappa shape index (κ2) is 3.34. The average Bonchev–Trinajstić information content (AvgIpc) is 2.63. The fourth-order valence-corrected chi connectivity index (χ4v) is 3.03. The molecule has 0 amide bonds. The maximum absolute atomic E-state index is 6.10. The van der Waals surface area contributed by atoms with Crippen LogP contribution in [0, 0.1) is 5.92 Å². The Morgan fingerprint density at radius 1 is 1.20 bits per heavy atom. The lowest BCUT2D eigenvalue weighted by atomic mass is 9.75. The molecule has 1 nitrogen and oxygen atoms in total. The quantitative estimate of drug-likeness (QED) is 0.624. The Morgan fingerprint density at radius 3 is 2.73 bits per heavy atom. The van der Waals surface area contributed by atoms with Gasteiger partial charge in [-0.15, -0.1) is 0 Å². The Hall–Kier alpha value is -0.820. The van der Waals surface area contributed by atoms with Crippen LogP contribution in [0.1, 0.15) is 43.7 Å². The summed E-state index contributed by atoms with van der Waals surface area (Å²) in [7, 11) is 0. The van der Waals surface area contributed by atoms with Crippen LogP contribution in [0.4, 0.5) is 0 Å². The van der Waals surface area contributed by atoms with Crippen LogP contribution in [0.2, 0.25) is 0 Å². The molecule has 1 heterocycles. The molecule has 0 bridgehead atoms. The molecule has 1 heteroatoms. The summed E-state index contributed by atoms with van der Waals surface area (Å²) >= 11 is 0. The summed E-state index contributed by atoms with van der Waals surface area (Å²) in [6.07, 6.45) is 5.05. The molecule has 1 aromatic rings. The standard InChI is InChI=1S/C14H18O/c1-11-6-8-14(9-7-11)13-5-3-2-4-12(13)10-15-14/h2-5,11H,6-10H2,1H3. The molecule has 3 rings (SSSR count). The first kappa shape index (κ1) is 9.41. The highest BCUT2D eigenvalue weighted by atomic mass is 16.5. The molecule has 0 N–H and O–H groups in total. The Morgan fingerprint density at radius 2 is 1.93 bits per heavy atom. The number of fused-ring (bicyclic) bond motifs is 2. The molecule has 2 aliphatic rings. The Kier molecular flexibility index (Phi) is 2.10. The minimum atomic E-state index is 0.0864. The highest BCUT2D eigenvalue weighted by Gasteiger charge is 2.41. The fourth-order valence-electron chi connectivity index (χ4n) is 3.03. The van der Waals surface area contributed by atoms with Gasteiger partial charge in [0.25, 0.3) is 0 Å². The largest absolute Gasteiger partial charge is 0.366 e. The molecular formula is C14H18O. The Labute approximate surface area is 91.5 Å². The van der Waals surface area contributed by atoms with Crippen LogP contribution in [0.5, 0.6) is 0 Å². The van der Waals surface area contributed by atoms with Crippen LogP contribution in [0.25, 0.3) is 0 Å². The van der Waals surface area contributed by atoms with Gasteiger partial charge in [-0.3, -0.25) is 0 Å². The summed E-state index contributed by atoms with van der Waals surface area (Å²) in [5.74, 6) is 0.881. The van der Waals surface area contributed by atoms with Crippen LogP contribution in [-0.2, 0) is 16.9 Å². The van der Waals surface area contributed by atoms with Crippen LogP contribution in [0.15, 0.2) is 24.3 Å². The Bertz CT molecular complexity index is 361. The van der Waals surface area contributed by atoms with Gasteiger partial charge in [0.05, 0.1) is 12.2 Å². The van der Waals surface area contributed by atoms with Crippen LogP contribution in [-0.4, -0.2) is 0 Å². The van der Waals surface area contributed by atoms with Gasteiger partial charge in [-0.2, -0.15) is 0 Å². The summed E-state index contributed by atoms with van der Waals surface area (Å²) in [6, 6.07) is 8.74. The SMILES string of the molecule is CC1CCC2(CC1)OCc1ccccc12. The maximum atomic E-state index is 6.10. The number of ether oxygens (including phenoxy) is 1. The lowest BCUT2D eigenvalue weighted by Crippen LogP contribution is -2.30. The van der Waals surface area contributed by atoms with Gasteiger partial charge in [-0.25, -0.2) is 0 Å². The first-order valence-corrected chi connectivity index (χ1v) is 6.02. The van der Waals surface area contributed by atoms with Crippen molar-refractivity contribution in [1.29, 1.82) is 0 Å². The van der Waals surface area contributed by atoms with E-state index in [2.05, 4.69) is 31.2 Å². The van der Waals surface area contributed by atoms with Crippen LogP contribution >= 0.6 is 0 Å². The van der Waals surface area contributed by atoms with Crippen molar-refractivity contribution in [3.63, 3.8) is 0 Å². The maximum Gasteiger partial charge on any atom is 0.0939 e. The van der Waals surface area contributed by atoms with E-state index in [1.54, 1.807) is 0 Å². The van der Waals surface area contributed by atoms with Crippen molar-refractivity contribution in [2.75, 3.05) is 0 Å². The zero-order chi connectivity index (χ0) is 10.3. The molecule has 0 aromatic heterocycles. The Balaban J connectivity index is 1.95. The number of hydrogen-bond acceptors (Lipinski definition) is 1. The second-order valence-electron chi connectivity index (χ2n) is 5.12. The minimum Gasteiger partial charge on any atom is -0.366 e. The van der Waals surface area contributed by atoms with Crippen molar-refractivity contribution < 1.29 is 4.74 Å². The van der Waals surface area contributed by atoms with Crippen molar-refractivity contribution in [1.82, 2.24) is 0 Å². The molecule has 0 radical (unpaired) electrons. The summed E-state index contributed by atoms with van der Waals surface area (Å²) in [5, 5.41) is 0. The molecule has 80 valence electrons. The molecule has 1 saturated carbocycles. The van der Waals surface area contributed by atoms with E-state index in [9.17, 15) is 0 Å². The molecule has 1 aromatic carbocycles. The number of benzene rings is 1. The van der Waals surface area contributed by atoms with Gasteiger partial charge in [0.2, 0.25) is 0 Å². The first-order chi connectivity index (χ1) is 7.30. The van der Waals surface area contributed by atoms with Crippen molar-refractivity contribution >= 4 is 0 Å². The second-order valence-corrected chi connectivity index (χ2v) is 5.12. The average molecular weight is 202 g/mol. The van der Waals surface area contributed by atoms with Gasteiger partial charge in [0.1, 0.15) is 0 Å². The summed E-state index contributed by atoms with van der Waals surface area (Å²) < 4.78 is 6.10. The number of rotatable bonds is 0. The molecule has 15 heavy (non-hydrogen) atoms. The van der Waals surface area contributed by atoms with Gasteiger partial charge in [-0.05, 0) is 42.7 Å². The van der Waals surface area contributed by atoms with Gasteiger partial charge in [0.15, 0.2) is 0 Å². The molecule has 0 saturated heterocycles. The highest BCUT2D eigenvalue weighted by Crippen LogP contribution is 2.47. The van der Waals surface area contributed by atoms with Crippen molar-refractivity contribution in [2.24, 2.45) is 5.92 Å². The number of hydrogen-bond donors (Lipinski definition) is 0. The van der Waals surface area contributed by atoms with Gasteiger partial charge in [-0.1, -0.05) is 31.2 Å². The van der Waals surface area contributed by atoms with Crippen molar-refractivity contribution in [2.45, 2.75) is 44.8 Å². The lowest BCUT2D eigenvalue weighted by molar-refractivity contribution is -0.0710. The first-order valence-electron chi connectivity index (χ1n) is 6.02. The van der Waals surface area contributed by atoms with E-state index < -0.39 is 0 Å². The van der Waals surface area contributed by atoms with E-state index in [-0.39, 0.29) is 5.60 Å². The summed E-state index contributed by atoms with van der Waals surface area (Å²) in [5.41, 5.74) is 2.97. The van der Waals surface area contributed by atoms with E-state index in [1.165, 1.54) is 36.8 Å². The lowest BCUT2D eigenvalue weighted by Gasteiger charge is -2.36. The fraction of sp³-hybridized carbons (Fsp3) is 0.571. The van der Waals surface area contributed by atoms with Crippen molar-refractivity contribution in [3.8, 4) is 0 Å². The van der Waals surface area contributed by atoms with Crippen molar-refractivity contribution in [3.05, 3.63) is 35.4 Å². The van der Waals surface area contributed by atoms with Crippen LogP contribution < -0.4 is 0 Å². The van der Waals surface area contributed by atoms with Gasteiger partial charge < -0.3 is 4.74 Å². The zero-order valence-electron chi connectivity index (χ0n) is 9.33. The molecule has 0 atom stereocenters. The predicted molar refractivity (Wildman–Crippen MR) is 60.5 cm³/mol. The summed E-state index contributed by atoms with van der Waals surface area (Å²) in [6.45, 7) is 3.18. The molecule has 1 aliphatic heterocycles. The highest BCUT2D eigenvalue weighted by molar-refractivity contribution is 5.35. The molecule has 1 spiro atoms. The smallest absolute Gasteiger partial charge is 0.0939 e. The monoisotopic (exact) mass is 202 g/mol. The topological polar surface area (TPSA) is 9.23 Å². The molecule has 1 aliphatic carbocycles. The van der Waals surface area contributed by atoms with E-state index in [4.69, 9.17) is 4.74 Å². The van der Waals surface area contributed by atoms with E-state index in [1.807, 2.05) is 0 Å². The van der Waals surface area contributed by atoms with E-state index in [0.717, 1.165) is 12.5 Å². The van der Waals surface area contributed by atoms with Crippen LogP contribution in [0.3, 0.4) is 0 Å². The molecule has 0 unspecified atom stereocenters. The molecule has 1 fully saturated rings. The van der Waals surface area contributed by atoms with Gasteiger partial charge >= 0.3 is 0 Å². The van der Waals surface area contributed by atoms with E-state index >= 15 is 0 Å². The third-order valence-electron chi connectivity index (χ3n) is 4.09. The predicted octanol–water partition coefficient (Wildman–Crippen LogP) is 3.62. The summed E-state index contributed by atoms with van der Waals surface area (Å²) in [4.78, 5) is 0.